The van der Waals surface area contributed by atoms with Crippen LogP contribution < -0.4 is 0 Å². The molecule has 7 heteroatoms. The molecule has 0 spiro atoms. The molecule has 0 aromatic heterocycles. The lowest BCUT2D eigenvalue weighted by Crippen LogP contribution is -2.57. The zero-order chi connectivity index (χ0) is 18.1. The number of aliphatic carboxylic acids is 1. The number of hydrogen-bond donors (Lipinski definition) is 1. The van der Waals surface area contributed by atoms with Crippen LogP contribution in [-0.4, -0.2) is 84.0 Å². The minimum absolute atomic E-state index is 0.0994. The van der Waals surface area contributed by atoms with E-state index >= 15 is 0 Å². The van der Waals surface area contributed by atoms with Crippen LogP contribution in [0, 0.1) is 18.7 Å². The summed E-state index contributed by atoms with van der Waals surface area (Å²) in [7, 11) is 1.91. The van der Waals surface area contributed by atoms with Crippen LogP contribution in [0.2, 0.25) is 0 Å². The number of carbonyl (C=O) groups is 2. The lowest BCUT2D eigenvalue weighted by atomic mass is 10.1. The Balaban J connectivity index is 1.72. The molecule has 0 radical (unpaired) electrons. The number of amides is 1. The minimum atomic E-state index is -0.777. The molecule has 136 valence electrons. The quantitative estimate of drug-likeness (QED) is 0.860. The average Bonchev–Trinajstić information content (AvgIpc) is 2.74. The molecular formula is C18H24FN3O3. The van der Waals surface area contributed by atoms with Gasteiger partial charge in [0, 0.05) is 50.9 Å². The number of halogens is 1. The van der Waals surface area contributed by atoms with Crippen molar-refractivity contribution in [3.05, 3.63) is 35.1 Å². The van der Waals surface area contributed by atoms with E-state index in [1.807, 2.05) is 11.9 Å². The molecule has 2 aliphatic heterocycles. The van der Waals surface area contributed by atoms with E-state index in [9.17, 15) is 19.1 Å². The Hall–Kier alpha value is -1.99. The maximum absolute atomic E-state index is 13.8. The lowest BCUT2D eigenvalue weighted by molar-refractivity contribution is -0.142. The third kappa shape index (κ3) is 3.82. The topological polar surface area (TPSA) is 64.1 Å². The molecule has 2 saturated heterocycles. The maximum Gasteiger partial charge on any atom is 0.309 e. The zero-order valence-electron chi connectivity index (χ0n) is 14.6. The summed E-state index contributed by atoms with van der Waals surface area (Å²) in [5.41, 5.74) is 0.883. The number of carbonyl (C=O) groups excluding carboxylic acids is 1. The Morgan fingerprint density at radius 3 is 2.60 bits per heavy atom. The van der Waals surface area contributed by atoms with Crippen LogP contribution in [0.5, 0.6) is 0 Å². The molecule has 3 rings (SSSR count). The molecule has 0 bridgehead atoms. The summed E-state index contributed by atoms with van der Waals surface area (Å²) >= 11 is 0. The van der Waals surface area contributed by atoms with Gasteiger partial charge in [-0.1, -0.05) is 6.07 Å². The van der Waals surface area contributed by atoms with Crippen LogP contribution in [-0.2, 0) is 4.79 Å². The van der Waals surface area contributed by atoms with Gasteiger partial charge in [-0.3, -0.25) is 14.5 Å². The summed E-state index contributed by atoms with van der Waals surface area (Å²) in [6.45, 7) is 5.11. The van der Waals surface area contributed by atoms with E-state index in [4.69, 9.17) is 0 Å². The second-order valence-electron chi connectivity index (χ2n) is 7.12. The predicted molar refractivity (Wildman–Crippen MR) is 91.0 cm³/mol. The highest BCUT2D eigenvalue weighted by Crippen LogP contribution is 2.20. The second kappa shape index (κ2) is 7.09. The number of hydrogen-bond acceptors (Lipinski definition) is 4. The van der Waals surface area contributed by atoms with Gasteiger partial charge in [-0.05, 0) is 31.7 Å². The summed E-state index contributed by atoms with van der Waals surface area (Å²) in [5, 5.41) is 9.36. The van der Waals surface area contributed by atoms with Crippen molar-refractivity contribution in [1.82, 2.24) is 14.7 Å². The number of carboxylic acid groups (broad SMARTS) is 1. The summed E-state index contributed by atoms with van der Waals surface area (Å²) in [5.74, 6) is -1.73. The Kier molecular flexibility index (Phi) is 5.06. The molecule has 6 nitrogen and oxygen atoms in total. The Morgan fingerprint density at radius 1 is 1.16 bits per heavy atom. The maximum atomic E-state index is 13.8. The molecule has 0 aliphatic carbocycles. The summed E-state index contributed by atoms with van der Waals surface area (Å²) in [4.78, 5) is 30.0. The molecule has 25 heavy (non-hydrogen) atoms. The fourth-order valence-corrected chi connectivity index (χ4v) is 3.71. The standard InChI is InChI=1S/C18H24FN3O3/c1-12-3-4-13(7-16(12)19)17(23)22-6-5-21-9-14(18(24)25)8-20(2)10-15(21)11-22/h3-4,7,14-15H,5-6,8-11H2,1-2H3,(H,24,25)/t14-,15+/m1/s1. The van der Waals surface area contributed by atoms with Crippen molar-refractivity contribution in [2.75, 3.05) is 46.3 Å². The van der Waals surface area contributed by atoms with Gasteiger partial charge in [0.1, 0.15) is 5.82 Å². The predicted octanol–water partition coefficient (Wildman–Crippen LogP) is 0.907. The lowest BCUT2D eigenvalue weighted by Gasteiger charge is -2.41. The van der Waals surface area contributed by atoms with E-state index in [1.165, 1.54) is 6.07 Å². The van der Waals surface area contributed by atoms with Gasteiger partial charge < -0.3 is 14.9 Å². The van der Waals surface area contributed by atoms with Gasteiger partial charge in [-0.25, -0.2) is 4.39 Å². The first-order valence-corrected chi connectivity index (χ1v) is 8.56. The zero-order valence-corrected chi connectivity index (χ0v) is 14.6. The number of benzene rings is 1. The van der Waals surface area contributed by atoms with Gasteiger partial charge in [0.15, 0.2) is 0 Å². The summed E-state index contributed by atoms with van der Waals surface area (Å²) in [6.07, 6.45) is 0. The largest absolute Gasteiger partial charge is 0.481 e. The van der Waals surface area contributed by atoms with Gasteiger partial charge in [-0.2, -0.15) is 0 Å². The molecular weight excluding hydrogens is 325 g/mol. The van der Waals surface area contributed by atoms with E-state index in [-0.39, 0.29) is 17.8 Å². The third-order valence-electron chi connectivity index (χ3n) is 5.17. The molecule has 2 atom stereocenters. The van der Waals surface area contributed by atoms with Crippen molar-refractivity contribution in [2.24, 2.45) is 5.92 Å². The van der Waals surface area contributed by atoms with Crippen LogP contribution in [0.15, 0.2) is 18.2 Å². The highest BCUT2D eigenvalue weighted by molar-refractivity contribution is 5.94. The number of fused-ring (bicyclic) bond motifs is 1. The van der Waals surface area contributed by atoms with Crippen molar-refractivity contribution in [3.63, 3.8) is 0 Å². The van der Waals surface area contributed by atoms with Crippen LogP contribution in [0.4, 0.5) is 4.39 Å². The summed E-state index contributed by atoms with van der Waals surface area (Å²) < 4.78 is 13.8. The van der Waals surface area contributed by atoms with E-state index in [1.54, 1.807) is 24.0 Å². The third-order valence-corrected chi connectivity index (χ3v) is 5.17. The molecule has 1 aromatic carbocycles. The molecule has 1 N–H and O–H groups in total. The van der Waals surface area contributed by atoms with Crippen molar-refractivity contribution >= 4 is 11.9 Å². The first-order valence-electron chi connectivity index (χ1n) is 8.56. The normalized spacial score (nSPS) is 25.3. The Morgan fingerprint density at radius 2 is 1.92 bits per heavy atom. The molecule has 2 heterocycles. The minimum Gasteiger partial charge on any atom is -0.481 e. The highest BCUT2D eigenvalue weighted by Gasteiger charge is 2.36. The monoisotopic (exact) mass is 349 g/mol. The van der Waals surface area contributed by atoms with Gasteiger partial charge in [0.25, 0.3) is 5.91 Å². The smallest absolute Gasteiger partial charge is 0.309 e. The van der Waals surface area contributed by atoms with Crippen LogP contribution in [0.3, 0.4) is 0 Å². The molecule has 0 unspecified atom stereocenters. The average molecular weight is 349 g/mol. The Bertz CT molecular complexity index is 682. The van der Waals surface area contributed by atoms with Crippen molar-refractivity contribution in [3.8, 4) is 0 Å². The molecule has 1 amide bonds. The fraction of sp³-hybridized carbons (Fsp3) is 0.556. The van der Waals surface area contributed by atoms with E-state index in [0.29, 0.717) is 43.9 Å². The Labute approximate surface area is 146 Å². The van der Waals surface area contributed by atoms with Crippen molar-refractivity contribution < 1.29 is 19.1 Å². The number of aryl methyl sites for hydroxylation is 1. The van der Waals surface area contributed by atoms with E-state index in [0.717, 1.165) is 6.54 Å². The van der Waals surface area contributed by atoms with Crippen molar-refractivity contribution in [1.29, 1.82) is 0 Å². The van der Waals surface area contributed by atoms with Gasteiger partial charge in [0.05, 0.1) is 5.92 Å². The second-order valence-corrected chi connectivity index (χ2v) is 7.12. The fourth-order valence-electron chi connectivity index (χ4n) is 3.71. The molecule has 2 fully saturated rings. The van der Waals surface area contributed by atoms with Gasteiger partial charge >= 0.3 is 5.97 Å². The number of rotatable bonds is 2. The van der Waals surface area contributed by atoms with E-state index < -0.39 is 11.9 Å². The van der Waals surface area contributed by atoms with Crippen LogP contribution in [0.1, 0.15) is 15.9 Å². The molecule has 1 aromatic rings. The van der Waals surface area contributed by atoms with Gasteiger partial charge in [0.2, 0.25) is 0 Å². The first kappa shape index (κ1) is 17.8. The number of likely N-dealkylation sites (N-methyl/N-ethyl adjacent to an activating group) is 1. The first-order chi connectivity index (χ1) is 11.8. The molecule has 0 saturated carbocycles. The van der Waals surface area contributed by atoms with Crippen LogP contribution >= 0.6 is 0 Å². The van der Waals surface area contributed by atoms with Crippen molar-refractivity contribution in [2.45, 2.75) is 13.0 Å². The number of piperazine rings is 1. The summed E-state index contributed by atoms with van der Waals surface area (Å²) in [6, 6.07) is 4.68. The van der Waals surface area contributed by atoms with Crippen LogP contribution in [0.25, 0.3) is 0 Å². The van der Waals surface area contributed by atoms with E-state index in [2.05, 4.69) is 4.90 Å². The SMILES string of the molecule is Cc1ccc(C(=O)N2CCN3C[C@H](C(=O)O)CN(C)C[C@H]3C2)cc1F. The number of carboxylic acids is 1. The highest BCUT2D eigenvalue weighted by atomic mass is 19.1. The number of nitrogens with zero attached hydrogens (tertiary/aromatic N) is 3. The molecule has 2 aliphatic rings. The van der Waals surface area contributed by atoms with Gasteiger partial charge in [-0.15, -0.1) is 0 Å².